The van der Waals surface area contributed by atoms with Crippen LogP contribution >= 0.6 is 0 Å². The van der Waals surface area contributed by atoms with Gasteiger partial charge in [0.1, 0.15) is 0 Å². The molecule has 2 N–H and O–H groups in total. The van der Waals surface area contributed by atoms with Gasteiger partial charge in [0.05, 0.1) is 0 Å². The van der Waals surface area contributed by atoms with E-state index in [1.165, 1.54) is 12.8 Å². The summed E-state index contributed by atoms with van der Waals surface area (Å²) in [4.78, 5) is 0. The van der Waals surface area contributed by atoms with Gasteiger partial charge in [-0.2, -0.15) is 0 Å². The molecule has 0 saturated carbocycles. The zero-order chi connectivity index (χ0) is 8.69. The molecule has 0 rings (SSSR count). The maximum Gasteiger partial charge on any atom is 0.0459 e. The van der Waals surface area contributed by atoms with Crippen molar-refractivity contribution >= 4 is 0 Å². The average Bonchev–Trinajstić information content (AvgIpc) is 2.03. The van der Waals surface area contributed by atoms with Crippen LogP contribution in [0.25, 0.3) is 0 Å². The maximum atomic E-state index is 8.85. The number of aliphatic hydroxyl groups is 1. The lowest BCUT2D eigenvalue weighted by molar-refractivity contribution is 0.189. The lowest BCUT2D eigenvalue weighted by atomic mass is 9.92. The molecule has 0 aliphatic heterocycles. The van der Waals surface area contributed by atoms with Crippen molar-refractivity contribution in [3.05, 3.63) is 0 Å². The molecule has 0 bridgehead atoms. The fraction of sp³-hybridized carbons (Fsp3) is 1.00. The van der Waals surface area contributed by atoms with Crippen molar-refractivity contribution < 1.29 is 5.11 Å². The Kier molecular flexibility index (Phi) is 6.57. The first-order chi connectivity index (χ1) is 5.22. The lowest BCUT2D eigenvalue weighted by Crippen LogP contribution is -2.15. The van der Waals surface area contributed by atoms with Gasteiger partial charge in [-0.05, 0) is 38.3 Å². The highest BCUT2D eigenvalue weighted by Gasteiger charge is 2.09. The standard InChI is InChI=1S/C9H21NO/c1-8(9(2)7-11)5-4-6-10-3/h8-11H,4-7H2,1-3H3/t8-,9+/m0/s1. The van der Waals surface area contributed by atoms with E-state index in [-0.39, 0.29) is 0 Å². The minimum Gasteiger partial charge on any atom is -0.396 e. The van der Waals surface area contributed by atoms with Gasteiger partial charge in [-0.15, -0.1) is 0 Å². The molecule has 0 heterocycles. The number of hydrogen-bond acceptors (Lipinski definition) is 2. The fourth-order valence-corrected chi connectivity index (χ4v) is 1.07. The van der Waals surface area contributed by atoms with Gasteiger partial charge in [-0.25, -0.2) is 0 Å². The van der Waals surface area contributed by atoms with E-state index >= 15 is 0 Å². The first kappa shape index (κ1) is 10.9. The van der Waals surface area contributed by atoms with E-state index in [0.29, 0.717) is 18.4 Å². The van der Waals surface area contributed by atoms with Gasteiger partial charge in [-0.3, -0.25) is 0 Å². The third-order valence-electron chi connectivity index (χ3n) is 2.35. The second kappa shape index (κ2) is 6.62. The Hall–Kier alpha value is -0.0800. The van der Waals surface area contributed by atoms with Crippen LogP contribution in [-0.4, -0.2) is 25.3 Å². The van der Waals surface area contributed by atoms with E-state index in [1.807, 2.05) is 7.05 Å². The van der Waals surface area contributed by atoms with Crippen LogP contribution in [0.5, 0.6) is 0 Å². The molecule has 2 nitrogen and oxygen atoms in total. The molecule has 0 fully saturated rings. The molecule has 0 saturated heterocycles. The average molecular weight is 159 g/mol. The van der Waals surface area contributed by atoms with E-state index in [1.54, 1.807) is 0 Å². The molecule has 0 unspecified atom stereocenters. The third-order valence-corrected chi connectivity index (χ3v) is 2.35. The smallest absolute Gasteiger partial charge is 0.0459 e. The van der Waals surface area contributed by atoms with E-state index in [9.17, 15) is 0 Å². The van der Waals surface area contributed by atoms with Crippen molar-refractivity contribution in [2.24, 2.45) is 11.8 Å². The highest BCUT2D eigenvalue weighted by Crippen LogP contribution is 2.15. The number of aliphatic hydroxyl groups excluding tert-OH is 1. The molecular weight excluding hydrogens is 138 g/mol. The Balaban J connectivity index is 3.28. The summed E-state index contributed by atoms with van der Waals surface area (Å²) in [5.41, 5.74) is 0. The van der Waals surface area contributed by atoms with Gasteiger partial charge in [0.2, 0.25) is 0 Å². The molecule has 11 heavy (non-hydrogen) atoms. The quantitative estimate of drug-likeness (QED) is 0.572. The van der Waals surface area contributed by atoms with Crippen molar-refractivity contribution in [1.29, 1.82) is 0 Å². The van der Waals surface area contributed by atoms with Gasteiger partial charge in [0, 0.05) is 6.61 Å². The van der Waals surface area contributed by atoms with Crippen molar-refractivity contribution in [3.63, 3.8) is 0 Å². The molecule has 0 radical (unpaired) electrons. The zero-order valence-electron chi connectivity index (χ0n) is 7.93. The highest BCUT2D eigenvalue weighted by atomic mass is 16.3. The van der Waals surface area contributed by atoms with Gasteiger partial charge in [0.25, 0.3) is 0 Å². The van der Waals surface area contributed by atoms with Crippen LogP contribution in [0.2, 0.25) is 0 Å². The van der Waals surface area contributed by atoms with E-state index < -0.39 is 0 Å². The molecule has 2 heteroatoms. The van der Waals surface area contributed by atoms with Crippen molar-refractivity contribution in [1.82, 2.24) is 5.32 Å². The number of hydrogen-bond donors (Lipinski definition) is 2. The summed E-state index contributed by atoms with van der Waals surface area (Å²) in [7, 11) is 1.97. The normalized spacial score (nSPS) is 16.4. The summed E-state index contributed by atoms with van der Waals surface area (Å²) < 4.78 is 0. The predicted octanol–water partition coefficient (Wildman–Crippen LogP) is 1.25. The third kappa shape index (κ3) is 5.22. The van der Waals surface area contributed by atoms with E-state index in [4.69, 9.17) is 5.11 Å². The summed E-state index contributed by atoms with van der Waals surface area (Å²) >= 11 is 0. The molecule has 0 amide bonds. The van der Waals surface area contributed by atoms with Crippen LogP contribution in [0.1, 0.15) is 26.7 Å². The van der Waals surface area contributed by atoms with Crippen LogP contribution in [-0.2, 0) is 0 Å². The first-order valence-electron chi connectivity index (χ1n) is 4.47. The SMILES string of the molecule is CNCCC[C@H](C)[C@H](C)CO. The molecule has 0 aromatic carbocycles. The summed E-state index contributed by atoms with van der Waals surface area (Å²) in [6.45, 7) is 5.71. The minimum absolute atomic E-state index is 0.320. The monoisotopic (exact) mass is 159 g/mol. The number of rotatable bonds is 6. The van der Waals surface area contributed by atoms with Crippen molar-refractivity contribution in [3.8, 4) is 0 Å². The van der Waals surface area contributed by atoms with Crippen LogP contribution in [0.4, 0.5) is 0 Å². The molecular formula is C9H21NO. The Bertz CT molecular complexity index is 85.6. The largest absolute Gasteiger partial charge is 0.396 e. The number of nitrogens with one attached hydrogen (secondary N) is 1. The fourth-order valence-electron chi connectivity index (χ4n) is 1.07. The minimum atomic E-state index is 0.320. The first-order valence-corrected chi connectivity index (χ1v) is 4.47. The van der Waals surface area contributed by atoms with E-state index in [2.05, 4.69) is 19.2 Å². The maximum absolute atomic E-state index is 8.85. The van der Waals surface area contributed by atoms with Gasteiger partial charge < -0.3 is 10.4 Å². The zero-order valence-corrected chi connectivity index (χ0v) is 7.93. The van der Waals surface area contributed by atoms with E-state index in [0.717, 1.165) is 6.54 Å². The highest BCUT2D eigenvalue weighted by molar-refractivity contribution is 4.60. The molecule has 0 aliphatic carbocycles. The molecule has 0 aromatic heterocycles. The summed E-state index contributed by atoms with van der Waals surface area (Å²) in [6, 6.07) is 0. The summed E-state index contributed by atoms with van der Waals surface area (Å²) in [5, 5.41) is 12.0. The Labute approximate surface area is 70.0 Å². The van der Waals surface area contributed by atoms with Gasteiger partial charge >= 0.3 is 0 Å². The van der Waals surface area contributed by atoms with Crippen LogP contribution in [0, 0.1) is 11.8 Å². The van der Waals surface area contributed by atoms with Crippen LogP contribution < -0.4 is 5.32 Å². The van der Waals surface area contributed by atoms with Crippen molar-refractivity contribution in [2.45, 2.75) is 26.7 Å². The molecule has 68 valence electrons. The lowest BCUT2D eigenvalue weighted by Gasteiger charge is -2.16. The van der Waals surface area contributed by atoms with Crippen molar-refractivity contribution in [2.75, 3.05) is 20.2 Å². The topological polar surface area (TPSA) is 32.3 Å². The molecule has 2 atom stereocenters. The molecule has 0 aliphatic rings. The molecule has 0 aromatic rings. The summed E-state index contributed by atoms with van der Waals surface area (Å²) in [6.07, 6.45) is 2.42. The van der Waals surface area contributed by atoms with Gasteiger partial charge in [-0.1, -0.05) is 13.8 Å². The molecule has 0 spiro atoms. The Morgan fingerprint density at radius 1 is 1.27 bits per heavy atom. The Morgan fingerprint density at radius 2 is 1.91 bits per heavy atom. The Morgan fingerprint density at radius 3 is 2.36 bits per heavy atom. The van der Waals surface area contributed by atoms with Crippen LogP contribution in [0.15, 0.2) is 0 Å². The van der Waals surface area contributed by atoms with Crippen LogP contribution in [0.3, 0.4) is 0 Å². The second-order valence-electron chi connectivity index (χ2n) is 3.38. The van der Waals surface area contributed by atoms with Gasteiger partial charge in [0.15, 0.2) is 0 Å². The predicted molar refractivity (Wildman–Crippen MR) is 48.6 cm³/mol. The summed E-state index contributed by atoms with van der Waals surface area (Å²) in [5.74, 6) is 1.10. The second-order valence-corrected chi connectivity index (χ2v) is 3.38.